The van der Waals surface area contributed by atoms with Crippen LogP contribution in [0.3, 0.4) is 0 Å². The number of aromatic nitrogens is 1. The Bertz CT molecular complexity index is 622. The van der Waals surface area contributed by atoms with Crippen molar-refractivity contribution in [1.29, 1.82) is 0 Å². The summed E-state index contributed by atoms with van der Waals surface area (Å²) in [6, 6.07) is 1.84. The number of aryl methyl sites for hydroxylation is 1. The Hall–Kier alpha value is -1.85. The van der Waals surface area contributed by atoms with E-state index in [2.05, 4.69) is 10.1 Å². The number of amides is 2. The van der Waals surface area contributed by atoms with Gasteiger partial charge in [-0.15, -0.1) is 0 Å². The van der Waals surface area contributed by atoms with Gasteiger partial charge in [-0.25, -0.2) is 0 Å². The third-order valence-corrected chi connectivity index (χ3v) is 5.61. The van der Waals surface area contributed by atoms with Crippen LogP contribution in [0, 0.1) is 18.8 Å². The standard InChI is InChI=1S/C17H23N3O3/c1-11-7-15(18-23-11)17(22)19-9-13-5-6-14(10-19)20(16(13)21)8-12-3-2-4-12/h7,12-14H,2-6,8-10H2,1H3/t13-,14+/m1/s1. The molecule has 0 unspecified atom stereocenters. The fraction of sp³-hybridized carbons (Fsp3) is 0.706. The highest BCUT2D eigenvalue weighted by Crippen LogP contribution is 2.34. The molecule has 2 bridgehead atoms. The van der Waals surface area contributed by atoms with Gasteiger partial charge < -0.3 is 14.3 Å². The molecule has 6 nitrogen and oxygen atoms in total. The number of carbonyl (C=O) groups is 2. The summed E-state index contributed by atoms with van der Waals surface area (Å²) in [6.07, 6.45) is 5.66. The Labute approximate surface area is 135 Å². The molecule has 3 aliphatic heterocycles. The number of hydrogen-bond acceptors (Lipinski definition) is 4. The SMILES string of the molecule is Cc1cc(C(=O)N2C[C@H]3CC[C@@H](C2)N(CC2CCC2)C3=O)no1. The summed E-state index contributed by atoms with van der Waals surface area (Å²) in [5.74, 6) is 1.39. The van der Waals surface area contributed by atoms with Crippen molar-refractivity contribution in [1.82, 2.24) is 15.0 Å². The molecule has 1 aromatic rings. The zero-order chi connectivity index (χ0) is 16.0. The van der Waals surface area contributed by atoms with Crippen molar-refractivity contribution in [3.63, 3.8) is 0 Å². The molecule has 4 fully saturated rings. The molecule has 5 rings (SSSR count). The third kappa shape index (κ3) is 2.64. The molecular formula is C17H23N3O3. The van der Waals surface area contributed by atoms with Gasteiger partial charge in [-0.05, 0) is 38.5 Å². The lowest BCUT2D eigenvalue weighted by molar-refractivity contribution is -0.141. The molecule has 0 radical (unpaired) electrons. The zero-order valence-corrected chi connectivity index (χ0v) is 13.5. The van der Waals surface area contributed by atoms with Crippen LogP contribution in [0.15, 0.2) is 10.6 Å². The Balaban J connectivity index is 1.52. The first kappa shape index (κ1) is 14.7. The zero-order valence-electron chi connectivity index (χ0n) is 13.5. The maximum atomic E-state index is 12.7. The number of fused-ring (bicyclic) bond motifs is 4. The van der Waals surface area contributed by atoms with Crippen LogP contribution >= 0.6 is 0 Å². The van der Waals surface area contributed by atoms with Crippen molar-refractivity contribution in [2.24, 2.45) is 11.8 Å². The number of carbonyl (C=O) groups excluding carboxylic acids is 2. The highest BCUT2D eigenvalue weighted by atomic mass is 16.5. The average molecular weight is 317 g/mol. The van der Waals surface area contributed by atoms with Gasteiger partial charge in [0.2, 0.25) is 5.91 Å². The summed E-state index contributed by atoms with van der Waals surface area (Å²) in [5.41, 5.74) is 0.349. The van der Waals surface area contributed by atoms with Gasteiger partial charge in [0.05, 0.1) is 5.92 Å². The highest BCUT2D eigenvalue weighted by Gasteiger charge is 2.43. The van der Waals surface area contributed by atoms with Gasteiger partial charge in [0.25, 0.3) is 5.91 Å². The van der Waals surface area contributed by atoms with Crippen LogP contribution < -0.4 is 0 Å². The molecule has 1 aromatic heterocycles. The molecular weight excluding hydrogens is 294 g/mol. The Morgan fingerprint density at radius 3 is 2.78 bits per heavy atom. The molecule has 6 heteroatoms. The summed E-state index contributed by atoms with van der Waals surface area (Å²) in [6.45, 7) is 3.80. The second-order valence-electron chi connectivity index (χ2n) is 7.25. The first-order chi connectivity index (χ1) is 11.1. The predicted molar refractivity (Wildman–Crippen MR) is 82.7 cm³/mol. The van der Waals surface area contributed by atoms with E-state index in [4.69, 9.17) is 4.52 Å². The fourth-order valence-corrected chi connectivity index (χ4v) is 4.03. The molecule has 3 saturated heterocycles. The van der Waals surface area contributed by atoms with E-state index in [9.17, 15) is 9.59 Å². The van der Waals surface area contributed by atoms with Gasteiger partial charge in [-0.1, -0.05) is 11.6 Å². The lowest BCUT2D eigenvalue weighted by Crippen LogP contribution is -2.50. The minimum atomic E-state index is -0.114. The van der Waals surface area contributed by atoms with Crippen LogP contribution in [0.25, 0.3) is 0 Å². The fourth-order valence-electron chi connectivity index (χ4n) is 4.03. The third-order valence-electron chi connectivity index (χ3n) is 5.61. The van der Waals surface area contributed by atoms with E-state index in [1.165, 1.54) is 19.3 Å². The Kier molecular flexibility index (Phi) is 3.62. The van der Waals surface area contributed by atoms with Crippen LogP contribution in [0.5, 0.6) is 0 Å². The minimum Gasteiger partial charge on any atom is -0.361 e. The van der Waals surface area contributed by atoms with Crippen molar-refractivity contribution in [3.8, 4) is 0 Å². The molecule has 1 saturated carbocycles. The minimum absolute atomic E-state index is 0.0502. The van der Waals surface area contributed by atoms with Gasteiger partial charge >= 0.3 is 0 Å². The summed E-state index contributed by atoms with van der Waals surface area (Å²) in [5, 5.41) is 3.84. The Morgan fingerprint density at radius 1 is 1.30 bits per heavy atom. The van der Waals surface area contributed by atoms with Crippen molar-refractivity contribution in [2.45, 2.75) is 45.1 Å². The number of nitrogens with zero attached hydrogens (tertiary/aromatic N) is 3. The number of hydrogen-bond donors (Lipinski definition) is 0. The number of piperidine rings is 1. The quantitative estimate of drug-likeness (QED) is 0.853. The van der Waals surface area contributed by atoms with Crippen LogP contribution in [0.4, 0.5) is 0 Å². The molecule has 2 atom stereocenters. The molecule has 124 valence electrons. The van der Waals surface area contributed by atoms with Gasteiger partial charge in [-0.2, -0.15) is 0 Å². The maximum Gasteiger partial charge on any atom is 0.276 e. The van der Waals surface area contributed by atoms with E-state index < -0.39 is 0 Å². The van der Waals surface area contributed by atoms with Crippen LogP contribution in [0.2, 0.25) is 0 Å². The van der Waals surface area contributed by atoms with Crippen molar-refractivity contribution < 1.29 is 14.1 Å². The summed E-state index contributed by atoms with van der Waals surface area (Å²) in [7, 11) is 0. The van der Waals surface area contributed by atoms with E-state index in [-0.39, 0.29) is 23.8 Å². The summed E-state index contributed by atoms with van der Waals surface area (Å²) >= 11 is 0. The van der Waals surface area contributed by atoms with Gasteiger partial charge in [-0.3, -0.25) is 9.59 Å². The Morgan fingerprint density at radius 2 is 2.13 bits per heavy atom. The molecule has 2 amide bonds. The molecule has 0 N–H and O–H groups in total. The van der Waals surface area contributed by atoms with E-state index in [0.29, 0.717) is 30.5 Å². The van der Waals surface area contributed by atoms with Gasteiger partial charge in [0, 0.05) is 31.7 Å². The van der Waals surface area contributed by atoms with E-state index in [0.717, 1.165) is 19.4 Å². The largest absolute Gasteiger partial charge is 0.361 e. The highest BCUT2D eigenvalue weighted by molar-refractivity contribution is 5.93. The normalized spacial score (nSPS) is 28.0. The second kappa shape index (κ2) is 5.65. The summed E-state index contributed by atoms with van der Waals surface area (Å²) in [4.78, 5) is 29.3. The molecule has 23 heavy (non-hydrogen) atoms. The predicted octanol–water partition coefficient (Wildman–Crippen LogP) is 1.85. The molecule has 4 aliphatic rings. The van der Waals surface area contributed by atoms with Gasteiger partial charge in [0.1, 0.15) is 5.76 Å². The number of rotatable bonds is 3. The first-order valence-electron chi connectivity index (χ1n) is 8.65. The van der Waals surface area contributed by atoms with E-state index in [1.54, 1.807) is 17.9 Å². The first-order valence-corrected chi connectivity index (χ1v) is 8.65. The van der Waals surface area contributed by atoms with E-state index >= 15 is 0 Å². The molecule has 0 aromatic carbocycles. The van der Waals surface area contributed by atoms with Gasteiger partial charge in [0.15, 0.2) is 5.69 Å². The monoisotopic (exact) mass is 317 g/mol. The maximum absolute atomic E-state index is 12.7. The van der Waals surface area contributed by atoms with Crippen molar-refractivity contribution >= 4 is 11.8 Å². The average Bonchev–Trinajstić information content (AvgIpc) is 2.75. The molecule has 4 heterocycles. The van der Waals surface area contributed by atoms with Crippen molar-refractivity contribution in [3.05, 3.63) is 17.5 Å². The van der Waals surface area contributed by atoms with Crippen LogP contribution in [0.1, 0.15) is 48.4 Å². The smallest absolute Gasteiger partial charge is 0.276 e. The summed E-state index contributed by atoms with van der Waals surface area (Å²) < 4.78 is 5.02. The lowest BCUT2D eigenvalue weighted by atomic mass is 9.83. The topological polar surface area (TPSA) is 66.7 Å². The van der Waals surface area contributed by atoms with Crippen LogP contribution in [-0.2, 0) is 4.79 Å². The lowest BCUT2D eigenvalue weighted by Gasteiger charge is -2.40. The van der Waals surface area contributed by atoms with E-state index in [1.807, 2.05) is 0 Å². The second-order valence-corrected chi connectivity index (χ2v) is 7.25. The molecule has 1 aliphatic carbocycles. The van der Waals surface area contributed by atoms with Crippen LogP contribution in [-0.4, -0.2) is 52.4 Å². The van der Waals surface area contributed by atoms with Crippen molar-refractivity contribution in [2.75, 3.05) is 19.6 Å². The molecule has 0 spiro atoms.